The van der Waals surface area contributed by atoms with Crippen LogP contribution in [0.25, 0.3) is 0 Å². The number of sulfonamides is 1. The highest BCUT2D eigenvalue weighted by Gasteiger charge is 2.27. The summed E-state index contributed by atoms with van der Waals surface area (Å²) in [6, 6.07) is 3.90. The molecular formula is C12H17N3O5S. The number of hydrogen-bond acceptors (Lipinski definition) is 6. The molecule has 0 bridgehead atoms. The number of anilines is 1. The van der Waals surface area contributed by atoms with E-state index in [9.17, 15) is 18.5 Å². The maximum absolute atomic E-state index is 12.3. The average Bonchev–Trinajstić information content (AvgIpc) is 2.98. The van der Waals surface area contributed by atoms with E-state index in [0.717, 1.165) is 6.42 Å². The molecule has 1 aliphatic heterocycles. The molecule has 0 radical (unpaired) electrons. The Balaban J connectivity index is 2.26. The van der Waals surface area contributed by atoms with Crippen LogP contribution in [0.2, 0.25) is 0 Å². The van der Waals surface area contributed by atoms with Gasteiger partial charge in [-0.2, -0.15) is 0 Å². The molecule has 116 valence electrons. The highest BCUT2D eigenvalue weighted by molar-refractivity contribution is 7.89. The van der Waals surface area contributed by atoms with Crippen LogP contribution in [0, 0.1) is 16.0 Å². The summed E-state index contributed by atoms with van der Waals surface area (Å²) < 4.78 is 32.2. The van der Waals surface area contributed by atoms with E-state index in [1.54, 1.807) is 7.05 Å². The van der Waals surface area contributed by atoms with Crippen LogP contribution in [0.1, 0.15) is 6.42 Å². The van der Waals surface area contributed by atoms with Crippen LogP contribution in [0.5, 0.6) is 0 Å². The first-order chi connectivity index (χ1) is 9.94. The zero-order valence-corrected chi connectivity index (χ0v) is 12.4. The molecule has 1 heterocycles. The minimum Gasteiger partial charge on any atom is -0.388 e. The van der Waals surface area contributed by atoms with Crippen molar-refractivity contribution >= 4 is 21.4 Å². The maximum atomic E-state index is 12.3. The van der Waals surface area contributed by atoms with Crippen LogP contribution >= 0.6 is 0 Å². The van der Waals surface area contributed by atoms with Crippen molar-refractivity contribution in [3.63, 3.8) is 0 Å². The predicted molar refractivity (Wildman–Crippen MR) is 76.8 cm³/mol. The van der Waals surface area contributed by atoms with E-state index < -0.39 is 20.6 Å². The van der Waals surface area contributed by atoms with E-state index in [1.165, 1.54) is 18.2 Å². The monoisotopic (exact) mass is 315 g/mol. The normalized spacial score (nSPS) is 18.6. The molecule has 0 aromatic heterocycles. The van der Waals surface area contributed by atoms with Crippen LogP contribution in [0.15, 0.2) is 23.1 Å². The first kappa shape index (κ1) is 15.7. The Morgan fingerprint density at radius 1 is 1.48 bits per heavy atom. The van der Waals surface area contributed by atoms with Crippen molar-refractivity contribution in [2.45, 2.75) is 11.3 Å². The lowest BCUT2D eigenvalue weighted by Gasteiger charge is -2.11. The molecule has 1 unspecified atom stereocenters. The van der Waals surface area contributed by atoms with Gasteiger partial charge in [-0.3, -0.25) is 10.1 Å². The summed E-state index contributed by atoms with van der Waals surface area (Å²) in [4.78, 5) is 9.96. The molecular weight excluding hydrogens is 298 g/mol. The summed E-state index contributed by atoms with van der Waals surface area (Å²) in [5.74, 6) is 0.103. The van der Waals surface area contributed by atoms with Crippen LogP contribution in [-0.4, -0.2) is 40.1 Å². The van der Waals surface area contributed by atoms with Gasteiger partial charge >= 0.3 is 0 Å². The zero-order chi connectivity index (χ0) is 15.5. The lowest BCUT2D eigenvalue weighted by Crippen LogP contribution is -2.30. The van der Waals surface area contributed by atoms with E-state index in [0.29, 0.717) is 18.9 Å². The molecule has 0 aliphatic carbocycles. The Hall–Kier alpha value is -1.71. The Morgan fingerprint density at radius 3 is 2.81 bits per heavy atom. The fourth-order valence-corrected chi connectivity index (χ4v) is 3.40. The van der Waals surface area contributed by atoms with Crippen molar-refractivity contribution in [1.82, 2.24) is 4.72 Å². The number of rotatable bonds is 6. The van der Waals surface area contributed by atoms with Gasteiger partial charge in [0.05, 0.1) is 11.5 Å². The standard InChI is InChI=1S/C12H17N3O5S/c1-13-10-2-3-11(15(16)17)12(6-10)21(18,19)14-7-9-4-5-20-8-9/h2-3,6,9,13-14H,4-5,7-8H2,1H3. The van der Waals surface area contributed by atoms with E-state index in [2.05, 4.69) is 10.0 Å². The van der Waals surface area contributed by atoms with Gasteiger partial charge in [0.15, 0.2) is 4.90 Å². The van der Waals surface area contributed by atoms with Crippen LogP contribution in [0.3, 0.4) is 0 Å². The SMILES string of the molecule is CNc1ccc([N+](=O)[O-])c(S(=O)(=O)NCC2CCOC2)c1. The summed E-state index contributed by atoms with van der Waals surface area (Å²) in [6.45, 7) is 1.33. The number of ether oxygens (including phenoxy) is 1. The van der Waals surface area contributed by atoms with Crippen molar-refractivity contribution in [3.8, 4) is 0 Å². The molecule has 1 saturated heterocycles. The quantitative estimate of drug-likeness (QED) is 0.597. The molecule has 1 aromatic rings. The van der Waals surface area contributed by atoms with Gasteiger partial charge in [0.1, 0.15) is 0 Å². The molecule has 0 amide bonds. The fraction of sp³-hybridized carbons (Fsp3) is 0.500. The highest BCUT2D eigenvalue weighted by atomic mass is 32.2. The molecule has 0 spiro atoms. The maximum Gasteiger partial charge on any atom is 0.289 e. The van der Waals surface area contributed by atoms with Crippen molar-refractivity contribution in [2.75, 3.05) is 32.1 Å². The van der Waals surface area contributed by atoms with Crippen molar-refractivity contribution in [2.24, 2.45) is 5.92 Å². The topological polar surface area (TPSA) is 111 Å². The summed E-state index contributed by atoms with van der Waals surface area (Å²) in [5, 5.41) is 13.8. The van der Waals surface area contributed by atoms with Gasteiger partial charge in [-0.25, -0.2) is 13.1 Å². The van der Waals surface area contributed by atoms with Crippen molar-refractivity contribution in [3.05, 3.63) is 28.3 Å². The smallest absolute Gasteiger partial charge is 0.289 e. The molecule has 2 rings (SSSR count). The fourth-order valence-electron chi connectivity index (χ4n) is 2.09. The molecule has 1 aliphatic rings. The molecule has 1 aromatic carbocycles. The van der Waals surface area contributed by atoms with E-state index in [-0.39, 0.29) is 17.4 Å². The molecule has 21 heavy (non-hydrogen) atoms. The summed E-state index contributed by atoms with van der Waals surface area (Å²) >= 11 is 0. The second-order valence-electron chi connectivity index (χ2n) is 4.77. The van der Waals surface area contributed by atoms with Gasteiger partial charge in [0.25, 0.3) is 5.69 Å². The minimum absolute atomic E-state index is 0.103. The third kappa shape index (κ3) is 3.69. The van der Waals surface area contributed by atoms with Gasteiger partial charge in [-0.15, -0.1) is 0 Å². The number of nitro groups is 1. The Bertz CT molecular complexity index is 626. The Kier molecular flexibility index (Phi) is 4.76. The lowest BCUT2D eigenvalue weighted by atomic mass is 10.1. The molecule has 9 heteroatoms. The van der Waals surface area contributed by atoms with Gasteiger partial charge < -0.3 is 10.1 Å². The molecule has 1 fully saturated rings. The zero-order valence-electron chi connectivity index (χ0n) is 11.5. The van der Waals surface area contributed by atoms with Gasteiger partial charge in [-0.05, 0) is 24.5 Å². The van der Waals surface area contributed by atoms with E-state index >= 15 is 0 Å². The van der Waals surface area contributed by atoms with Gasteiger partial charge in [-0.1, -0.05) is 0 Å². The molecule has 2 N–H and O–H groups in total. The molecule has 8 nitrogen and oxygen atoms in total. The third-order valence-electron chi connectivity index (χ3n) is 3.32. The average molecular weight is 315 g/mol. The first-order valence-corrected chi connectivity index (χ1v) is 7.96. The van der Waals surface area contributed by atoms with Gasteiger partial charge in [0, 0.05) is 32.0 Å². The number of nitrogens with zero attached hydrogens (tertiary/aromatic N) is 1. The first-order valence-electron chi connectivity index (χ1n) is 6.47. The largest absolute Gasteiger partial charge is 0.388 e. The summed E-state index contributed by atoms with van der Waals surface area (Å²) in [6.07, 6.45) is 0.779. The predicted octanol–water partition coefficient (Wildman–Crippen LogP) is 0.951. The summed E-state index contributed by atoms with van der Waals surface area (Å²) in [7, 11) is -2.33. The van der Waals surface area contributed by atoms with E-state index in [1.807, 2.05) is 0 Å². The van der Waals surface area contributed by atoms with Crippen LogP contribution in [-0.2, 0) is 14.8 Å². The van der Waals surface area contributed by atoms with Crippen molar-refractivity contribution < 1.29 is 18.1 Å². The van der Waals surface area contributed by atoms with Crippen LogP contribution < -0.4 is 10.0 Å². The van der Waals surface area contributed by atoms with E-state index in [4.69, 9.17) is 4.74 Å². The number of nitro benzene ring substituents is 1. The second kappa shape index (κ2) is 6.37. The molecule has 1 atom stereocenters. The van der Waals surface area contributed by atoms with Gasteiger partial charge in [0.2, 0.25) is 10.0 Å². The minimum atomic E-state index is -3.94. The number of benzene rings is 1. The molecule has 0 saturated carbocycles. The lowest BCUT2D eigenvalue weighted by molar-refractivity contribution is -0.387. The Labute approximate surface area is 122 Å². The number of hydrogen-bond donors (Lipinski definition) is 2. The highest BCUT2D eigenvalue weighted by Crippen LogP contribution is 2.27. The second-order valence-corrected chi connectivity index (χ2v) is 6.51. The number of nitrogens with one attached hydrogen (secondary N) is 2. The summed E-state index contributed by atoms with van der Waals surface area (Å²) in [5.41, 5.74) is 0.0503. The third-order valence-corrected chi connectivity index (χ3v) is 4.77. The van der Waals surface area contributed by atoms with Crippen molar-refractivity contribution in [1.29, 1.82) is 0 Å². The van der Waals surface area contributed by atoms with Crippen LogP contribution in [0.4, 0.5) is 11.4 Å². The Morgan fingerprint density at radius 2 is 2.24 bits per heavy atom.